The topological polar surface area (TPSA) is 124 Å². The highest BCUT2D eigenvalue weighted by Gasteiger charge is 2.29. The molecule has 0 fully saturated rings. The fourth-order valence-electron chi connectivity index (χ4n) is 1.15. The molecule has 0 saturated carbocycles. The van der Waals surface area contributed by atoms with Crippen molar-refractivity contribution in [2.24, 2.45) is 0 Å². The molecule has 1 aromatic heterocycles. The van der Waals surface area contributed by atoms with Crippen molar-refractivity contribution >= 4 is 31.5 Å². The number of nitro groups is 1. The van der Waals surface area contributed by atoms with Crippen molar-refractivity contribution in [3.63, 3.8) is 0 Å². The van der Waals surface area contributed by atoms with Gasteiger partial charge < -0.3 is 15.4 Å². The van der Waals surface area contributed by atoms with E-state index in [2.05, 4.69) is 10.4 Å². The lowest BCUT2D eigenvalue weighted by Crippen LogP contribution is -2.19. The minimum absolute atomic E-state index is 0.00687. The summed E-state index contributed by atoms with van der Waals surface area (Å²) in [6.07, 6.45) is 0.931. The molecule has 11 heteroatoms. The van der Waals surface area contributed by atoms with E-state index in [4.69, 9.17) is 10.7 Å². The largest absolute Gasteiger partial charge is 0.410 e. The second-order valence-corrected chi connectivity index (χ2v) is 5.73. The lowest BCUT2D eigenvalue weighted by Gasteiger charge is -1.96. The van der Waals surface area contributed by atoms with Crippen LogP contribution in [0.1, 0.15) is 6.42 Å². The van der Waals surface area contributed by atoms with Crippen LogP contribution in [0.15, 0.2) is 11.1 Å². The monoisotopic (exact) mass is 296 g/mol. The number of hydrogen-bond donors (Lipinski definition) is 1. The Bertz CT molecular complexity index is 581. The lowest BCUT2D eigenvalue weighted by atomic mass is 10.4. The van der Waals surface area contributed by atoms with Gasteiger partial charge in [-0.15, -0.1) is 0 Å². The number of nitrogens with one attached hydrogen (secondary N) is 1. The number of amides is 1. The molecule has 0 unspecified atom stereocenters. The molecule has 1 rings (SSSR count). The Morgan fingerprint density at radius 3 is 2.67 bits per heavy atom. The first kappa shape index (κ1) is 14.4. The summed E-state index contributed by atoms with van der Waals surface area (Å²) in [6, 6.07) is 0. The van der Waals surface area contributed by atoms with Crippen LogP contribution in [-0.4, -0.2) is 36.1 Å². The van der Waals surface area contributed by atoms with Crippen LogP contribution < -0.4 is 5.32 Å². The average Bonchev–Trinajstić information content (AvgIpc) is 2.69. The van der Waals surface area contributed by atoms with Gasteiger partial charge in [-0.25, -0.2) is 8.42 Å². The van der Waals surface area contributed by atoms with Gasteiger partial charge in [-0.2, -0.15) is 4.68 Å². The van der Waals surface area contributed by atoms with Gasteiger partial charge in [0, 0.05) is 24.2 Å². The Morgan fingerprint density at radius 1 is 1.67 bits per heavy atom. The van der Waals surface area contributed by atoms with Gasteiger partial charge in [-0.1, -0.05) is 0 Å². The van der Waals surface area contributed by atoms with Crippen LogP contribution in [0.25, 0.3) is 0 Å². The quantitative estimate of drug-likeness (QED) is 0.458. The standard InChI is InChI=1S/C7H9ClN4O5S/c1-9-6(13)2-3-11-4-5(18(8,16)17)7(10-11)12(14)15/h4H,2-3H2,1H3,(H,9,13). The molecule has 0 radical (unpaired) electrons. The molecule has 0 aliphatic heterocycles. The molecule has 9 nitrogen and oxygen atoms in total. The maximum absolute atomic E-state index is 11.1. The SMILES string of the molecule is CNC(=O)CCn1cc(S(=O)(=O)Cl)c([N+](=O)[O-])n1. The molecule has 0 aliphatic carbocycles. The van der Waals surface area contributed by atoms with Crippen molar-refractivity contribution in [2.45, 2.75) is 17.9 Å². The third kappa shape index (κ3) is 3.40. The maximum Gasteiger partial charge on any atom is 0.410 e. The summed E-state index contributed by atoms with van der Waals surface area (Å²) < 4.78 is 23.2. The summed E-state index contributed by atoms with van der Waals surface area (Å²) >= 11 is 0. The van der Waals surface area contributed by atoms with Crippen LogP contribution in [0.4, 0.5) is 5.82 Å². The highest BCUT2D eigenvalue weighted by molar-refractivity contribution is 8.13. The van der Waals surface area contributed by atoms with E-state index in [1.165, 1.54) is 7.05 Å². The van der Waals surface area contributed by atoms with Crippen molar-refractivity contribution < 1.29 is 18.1 Å². The molecule has 1 amide bonds. The highest BCUT2D eigenvalue weighted by Crippen LogP contribution is 2.24. The van der Waals surface area contributed by atoms with E-state index in [1.807, 2.05) is 0 Å². The molecular formula is C7H9ClN4O5S. The van der Waals surface area contributed by atoms with E-state index in [1.54, 1.807) is 0 Å². The number of carbonyl (C=O) groups is 1. The number of nitrogens with zero attached hydrogens (tertiary/aromatic N) is 3. The van der Waals surface area contributed by atoms with E-state index in [0.29, 0.717) is 0 Å². The Morgan fingerprint density at radius 2 is 2.28 bits per heavy atom. The molecule has 0 atom stereocenters. The van der Waals surface area contributed by atoms with Gasteiger partial charge in [0.1, 0.15) is 0 Å². The normalized spacial score (nSPS) is 11.2. The first-order valence-corrected chi connectivity index (χ1v) is 6.93. The van der Waals surface area contributed by atoms with Gasteiger partial charge in [-0.05, 0) is 4.92 Å². The van der Waals surface area contributed by atoms with Crippen LogP contribution in [0.5, 0.6) is 0 Å². The Balaban J connectivity index is 3.04. The highest BCUT2D eigenvalue weighted by atomic mass is 35.7. The molecule has 1 N–H and O–H groups in total. The fourth-order valence-corrected chi connectivity index (χ4v) is 2.05. The van der Waals surface area contributed by atoms with Gasteiger partial charge >= 0.3 is 5.82 Å². The third-order valence-corrected chi connectivity index (χ3v) is 3.30. The number of aromatic nitrogens is 2. The summed E-state index contributed by atoms with van der Waals surface area (Å²) in [4.78, 5) is 19.9. The predicted octanol–water partition coefficient (Wildman–Crippen LogP) is -0.145. The molecule has 0 spiro atoms. The summed E-state index contributed by atoms with van der Waals surface area (Å²) in [5.41, 5.74) is 0. The van der Waals surface area contributed by atoms with Crippen LogP contribution in [0.3, 0.4) is 0 Å². The van der Waals surface area contributed by atoms with Crippen molar-refractivity contribution in [3.05, 3.63) is 16.3 Å². The van der Waals surface area contributed by atoms with Crippen molar-refractivity contribution in [2.75, 3.05) is 7.05 Å². The maximum atomic E-state index is 11.1. The Labute approximate surface area is 106 Å². The predicted molar refractivity (Wildman–Crippen MR) is 60.6 cm³/mol. The Hall–Kier alpha value is -1.68. The first-order valence-electron chi connectivity index (χ1n) is 4.62. The molecule has 1 aromatic rings. The van der Waals surface area contributed by atoms with E-state index in [-0.39, 0.29) is 18.9 Å². The van der Waals surface area contributed by atoms with Crippen molar-refractivity contribution in [1.82, 2.24) is 15.1 Å². The van der Waals surface area contributed by atoms with E-state index in [9.17, 15) is 23.3 Å². The molecule has 0 aromatic carbocycles. The van der Waals surface area contributed by atoms with Crippen molar-refractivity contribution in [3.8, 4) is 0 Å². The zero-order valence-electron chi connectivity index (χ0n) is 9.16. The lowest BCUT2D eigenvalue weighted by molar-refractivity contribution is -0.392. The van der Waals surface area contributed by atoms with Gasteiger partial charge in [0.2, 0.25) is 10.8 Å². The minimum Gasteiger partial charge on any atom is -0.359 e. The molecule has 0 aliphatic rings. The number of halogens is 1. The fraction of sp³-hybridized carbons (Fsp3) is 0.429. The smallest absolute Gasteiger partial charge is 0.359 e. The van der Waals surface area contributed by atoms with E-state index < -0.39 is 24.7 Å². The van der Waals surface area contributed by atoms with Gasteiger partial charge in [0.25, 0.3) is 9.05 Å². The Kier molecular flexibility index (Phi) is 4.24. The van der Waals surface area contributed by atoms with Gasteiger partial charge in [0.15, 0.2) is 0 Å². The van der Waals surface area contributed by atoms with Gasteiger partial charge in [-0.3, -0.25) is 4.79 Å². The second-order valence-electron chi connectivity index (χ2n) is 3.20. The number of carbonyl (C=O) groups excluding carboxylic acids is 1. The number of aryl methyl sites for hydroxylation is 1. The van der Waals surface area contributed by atoms with E-state index >= 15 is 0 Å². The van der Waals surface area contributed by atoms with Crippen LogP contribution in [-0.2, 0) is 20.4 Å². The summed E-state index contributed by atoms with van der Waals surface area (Å²) in [6.45, 7) is 0.00687. The molecule has 18 heavy (non-hydrogen) atoms. The molecule has 1 heterocycles. The third-order valence-electron chi connectivity index (χ3n) is 1.99. The molecule has 0 bridgehead atoms. The zero-order valence-corrected chi connectivity index (χ0v) is 10.7. The minimum atomic E-state index is -4.26. The molecule has 0 saturated heterocycles. The first-order chi connectivity index (χ1) is 8.25. The second kappa shape index (κ2) is 5.31. The summed E-state index contributed by atoms with van der Waals surface area (Å²) in [5, 5.41) is 16.4. The number of rotatable bonds is 5. The van der Waals surface area contributed by atoms with E-state index in [0.717, 1.165) is 10.9 Å². The number of hydrogen-bond acceptors (Lipinski definition) is 6. The van der Waals surface area contributed by atoms with Crippen LogP contribution in [0, 0.1) is 10.1 Å². The van der Waals surface area contributed by atoms with Crippen LogP contribution in [0.2, 0.25) is 0 Å². The van der Waals surface area contributed by atoms with Crippen LogP contribution >= 0.6 is 10.7 Å². The summed E-state index contributed by atoms with van der Waals surface area (Å²) in [5.74, 6) is -1.16. The summed E-state index contributed by atoms with van der Waals surface area (Å²) in [7, 11) is 2.22. The zero-order chi connectivity index (χ0) is 13.9. The van der Waals surface area contributed by atoms with Crippen molar-refractivity contribution in [1.29, 1.82) is 0 Å². The molecular weight excluding hydrogens is 288 g/mol. The molecule has 100 valence electrons. The average molecular weight is 297 g/mol. The van der Waals surface area contributed by atoms with Gasteiger partial charge in [0.05, 0.1) is 17.8 Å².